The number of rotatable bonds is 7. The van der Waals surface area contributed by atoms with Crippen LogP contribution in [0.15, 0.2) is 0 Å². The molecule has 0 fully saturated rings. The number of hydrogen-bond donors (Lipinski definition) is 2. The van der Waals surface area contributed by atoms with Crippen molar-refractivity contribution >= 4 is 8.25 Å². The molecule has 0 heterocycles. The first-order valence-electron chi connectivity index (χ1n) is 3.93. The third kappa shape index (κ3) is 10.9. The van der Waals surface area contributed by atoms with E-state index in [1.165, 1.54) is 0 Å². The van der Waals surface area contributed by atoms with Crippen LogP contribution in [-0.4, -0.2) is 19.4 Å². The van der Waals surface area contributed by atoms with Crippen LogP contribution in [-0.2, 0) is 13.6 Å². The first-order valence-corrected chi connectivity index (χ1v) is 5.02. The fourth-order valence-electron chi connectivity index (χ4n) is 0.618. The second-order valence-electron chi connectivity index (χ2n) is 2.22. The van der Waals surface area contributed by atoms with Gasteiger partial charge in [0.2, 0.25) is 0 Å². The third-order valence-electron chi connectivity index (χ3n) is 1.15. The van der Waals surface area contributed by atoms with Crippen molar-refractivity contribution in [1.29, 1.82) is 0 Å². The minimum absolute atomic E-state index is 0. The summed E-state index contributed by atoms with van der Waals surface area (Å²) in [4.78, 5) is 0. The summed E-state index contributed by atoms with van der Waals surface area (Å²) in [7, 11) is -2.05. The molecule has 13 heavy (non-hydrogen) atoms. The van der Waals surface area contributed by atoms with Crippen LogP contribution in [0.3, 0.4) is 0 Å². The largest absolute Gasteiger partial charge is 1.00 e. The van der Waals surface area contributed by atoms with Crippen LogP contribution < -0.4 is 41.0 Å². The second-order valence-corrected chi connectivity index (χ2v) is 3.13. The summed E-state index contributed by atoms with van der Waals surface area (Å²) in [5.41, 5.74) is 10.7. The molecular weight excluding hydrogens is 202 g/mol. The van der Waals surface area contributed by atoms with Gasteiger partial charge in [0, 0.05) is 4.57 Å². The molecular formula is C6H17N2NaO3P+. The van der Waals surface area contributed by atoms with Gasteiger partial charge < -0.3 is 12.9 Å². The topological polar surface area (TPSA) is 87.6 Å². The summed E-state index contributed by atoms with van der Waals surface area (Å²) in [6, 6.07) is 0. The van der Waals surface area contributed by atoms with E-state index in [9.17, 15) is 4.57 Å². The van der Waals surface area contributed by atoms with E-state index in [2.05, 4.69) is 4.52 Å². The van der Waals surface area contributed by atoms with Gasteiger partial charge in [-0.15, -0.1) is 9.05 Å². The van der Waals surface area contributed by atoms with Gasteiger partial charge in [0.15, 0.2) is 6.23 Å². The zero-order valence-electron chi connectivity index (χ0n) is 9.23. The molecule has 5 nitrogen and oxygen atoms in total. The van der Waals surface area contributed by atoms with Crippen LogP contribution in [0, 0.1) is 0 Å². The molecule has 2 unspecified atom stereocenters. The van der Waals surface area contributed by atoms with E-state index in [4.69, 9.17) is 16.0 Å². The van der Waals surface area contributed by atoms with Crippen molar-refractivity contribution in [2.24, 2.45) is 11.5 Å². The van der Waals surface area contributed by atoms with Crippen molar-refractivity contribution < 1.29 is 44.6 Å². The van der Waals surface area contributed by atoms with Crippen molar-refractivity contribution in [2.75, 3.05) is 13.2 Å². The van der Waals surface area contributed by atoms with E-state index in [-0.39, 0.29) is 31.0 Å². The smallest absolute Gasteiger partial charge is 1.00 e. The molecule has 0 aromatic heterocycles. The van der Waals surface area contributed by atoms with E-state index in [1.54, 1.807) is 6.92 Å². The van der Waals surface area contributed by atoms with Gasteiger partial charge in [-0.25, -0.2) is 0 Å². The van der Waals surface area contributed by atoms with Crippen LogP contribution in [0.2, 0.25) is 0 Å². The Morgan fingerprint density at radius 3 is 2.69 bits per heavy atom. The Morgan fingerprint density at radius 1 is 1.62 bits per heavy atom. The molecule has 0 bridgehead atoms. The summed E-state index contributed by atoms with van der Waals surface area (Å²) in [5.74, 6) is 0. The average Bonchev–Trinajstić information content (AvgIpc) is 2.01. The summed E-state index contributed by atoms with van der Waals surface area (Å²) in [5, 5.41) is 0. The zero-order valence-corrected chi connectivity index (χ0v) is 11.1. The quantitative estimate of drug-likeness (QED) is 0.289. The summed E-state index contributed by atoms with van der Waals surface area (Å²) < 4.78 is 20.3. The van der Waals surface area contributed by atoms with Gasteiger partial charge in [-0.3, -0.25) is 0 Å². The number of hydrogen-bond acceptors (Lipinski definition) is 5. The van der Waals surface area contributed by atoms with Crippen molar-refractivity contribution in [3.05, 3.63) is 0 Å². The molecule has 0 radical (unpaired) electrons. The predicted octanol–water partition coefficient (Wildman–Crippen LogP) is -2.16. The van der Waals surface area contributed by atoms with E-state index in [0.29, 0.717) is 19.6 Å². The van der Waals surface area contributed by atoms with Gasteiger partial charge in [-0.1, -0.05) is 0 Å². The van der Waals surface area contributed by atoms with Crippen LogP contribution in [0.4, 0.5) is 0 Å². The minimum atomic E-state index is -2.05. The van der Waals surface area contributed by atoms with E-state index >= 15 is 0 Å². The number of nitrogens with two attached hydrogens (primary N) is 2. The van der Waals surface area contributed by atoms with Crippen LogP contribution in [0.1, 0.15) is 21.2 Å². The second kappa shape index (κ2) is 11.0. The molecule has 0 saturated heterocycles. The molecule has 2 atom stereocenters. The standard InChI is InChI=1S/C6H16N2O3P.Na.H/c1-2-10-12(9)11-6(8)4-3-5-7;;/h6H,2-5,7-8H2,1H3;;/q2*+1;-1. The van der Waals surface area contributed by atoms with Gasteiger partial charge in [-0.05, 0) is 26.3 Å². The monoisotopic (exact) mass is 219 g/mol. The molecule has 0 amide bonds. The van der Waals surface area contributed by atoms with E-state index < -0.39 is 14.5 Å². The Balaban J connectivity index is -0.000000605. The molecule has 0 aliphatic carbocycles. The van der Waals surface area contributed by atoms with Crippen LogP contribution in [0.25, 0.3) is 0 Å². The normalized spacial score (nSPS) is 13.3. The van der Waals surface area contributed by atoms with Crippen molar-refractivity contribution in [3.63, 3.8) is 0 Å². The Hall–Kier alpha value is 0.940. The molecule has 0 spiro atoms. The Labute approximate surface area is 103 Å². The molecule has 0 aromatic rings. The Kier molecular flexibility index (Phi) is 13.9. The molecule has 74 valence electrons. The van der Waals surface area contributed by atoms with Gasteiger partial charge in [-0.2, -0.15) is 0 Å². The van der Waals surface area contributed by atoms with Gasteiger partial charge in [0.05, 0.1) is 0 Å². The summed E-state index contributed by atoms with van der Waals surface area (Å²) in [6.45, 7) is 2.66. The zero-order chi connectivity index (χ0) is 9.40. The first-order chi connectivity index (χ1) is 5.70. The van der Waals surface area contributed by atoms with Crippen LogP contribution >= 0.6 is 8.25 Å². The van der Waals surface area contributed by atoms with E-state index in [0.717, 1.165) is 6.42 Å². The van der Waals surface area contributed by atoms with Gasteiger partial charge in [0.1, 0.15) is 6.61 Å². The Morgan fingerprint density at radius 2 is 2.23 bits per heavy atom. The van der Waals surface area contributed by atoms with Gasteiger partial charge >= 0.3 is 37.8 Å². The molecule has 0 aliphatic rings. The average molecular weight is 219 g/mol. The predicted molar refractivity (Wildman–Crippen MR) is 47.7 cm³/mol. The van der Waals surface area contributed by atoms with Crippen molar-refractivity contribution in [1.82, 2.24) is 0 Å². The molecule has 0 aromatic carbocycles. The summed E-state index contributed by atoms with van der Waals surface area (Å²) >= 11 is 0. The maximum atomic E-state index is 10.8. The van der Waals surface area contributed by atoms with E-state index in [1.807, 2.05) is 0 Å². The molecule has 7 heteroatoms. The molecule has 0 rings (SSSR count). The molecule has 4 N–H and O–H groups in total. The fourth-order valence-corrected chi connectivity index (χ4v) is 1.22. The van der Waals surface area contributed by atoms with Crippen molar-refractivity contribution in [2.45, 2.75) is 26.0 Å². The maximum Gasteiger partial charge on any atom is 1.00 e. The molecule has 0 aliphatic heterocycles. The molecule has 0 saturated carbocycles. The fraction of sp³-hybridized carbons (Fsp3) is 1.00. The van der Waals surface area contributed by atoms with Crippen LogP contribution in [0.5, 0.6) is 0 Å². The Bertz CT molecular complexity index is 144. The maximum absolute atomic E-state index is 10.8. The van der Waals surface area contributed by atoms with Gasteiger partial charge in [0.25, 0.3) is 0 Å². The summed E-state index contributed by atoms with van der Waals surface area (Å²) in [6.07, 6.45) is 0.824. The van der Waals surface area contributed by atoms with Crippen molar-refractivity contribution in [3.8, 4) is 0 Å². The SMILES string of the molecule is CCO[P+](=O)OC(N)CCCN.[H-].[Na+]. The third-order valence-corrected chi connectivity index (χ3v) is 2.06. The first kappa shape index (κ1) is 16.4. The minimum Gasteiger partial charge on any atom is -1.00 e.